The average molecular weight is 141 g/mol. The molecule has 0 fully saturated rings. The lowest BCUT2D eigenvalue weighted by Crippen LogP contribution is -1.99. The van der Waals surface area contributed by atoms with E-state index in [1.807, 2.05) is 6.07 Å². The van der Waals surface area contributed by atoms with Crippen molar-refractivity contribution >= 4 is 16.8 Å². The highest BCUT2D eigenvalue weighted by atomic mass is 35.5. The van der Waals surface area contributed by atoms with Crippen LogP contribution in [-0.2, 0) is 0 Å². The zero-order valence-electron chi connectivity index (χ0n) is 4.76. The normalized spacial score (nSPS) is 17.8. The fraction of sp³-hybridized carbons (Fsp3) is 0.333. The fourth-order valence-corrected chi connectivity index (χ4v) is 0.837. The second-order valence-electron chi connectivity index (χ2n) is 1.69. The summed E-state index contributed by atoms with van der Waals surface area (Å²) in [4.78, 5) is 3.87. The van der Waals surface area contributed by atoms with Gasteiger partial charge in [0.2, 0.25) is 0 Å². The Hall–Kier alpha value is -0.810. The van der Waals surface area contributed by atoms with E-state index in [4.69, 9.17) is 16.9 Å². The van der Waals surface area contributed by atoms with Crippen LogP contribution in [0.2, 0.25) is 0 Å². The van der Waals surface area contributed by atoms with E-state index in [1.165, 1.54) is 0 Å². The van der Waals surface area contributed by atoms with Gasteiger partial charge in [-0.2, -0.15) is 5.26 Å². The molecule has 3 heteroatoms. The first-order valence-corrected chi connectivity index (χ1v) is 3.03. The van der Waals surface area contributed by atoms with Crippen LogP contribution in [-0.4, -0.2) is 11.7 Å². The molecule has 0 spiro atoms. The van der Waals surface area contributed by atoms with Crippen LogP contribution in [0.4, 0.5) is 0 Å². The molecule has 0 aliphatic carbocycles. The number of dihydropyridines is 1. The zero-order chi connectivity index (χ0) is 6.69. The zero-order valence-corrected chi connectivity index (χ0v) is 5.52. The molecule has 0 atom stereocenters. The number of hydrogen-bond acceptors (Lipinski definition) is 2. The Morgan fingerprint density at radius 1 is 1.78 bits per heavy atom. The van der Waals surface area contributed by atoms with Crippen molar-refractivity contribution in [1.82, 2.24) is 0 Å². The molecule has 1 rings (SSSR count). The van der Waals surface area contributed by atoms with Crippen molar-refractivity contribution in [1.29, 1.82) is 5.26 Å². The summed E-state index contributed by atoms with van der Waals surface area (Å²) in [5.74, 6) is 0. The van der Waals surface area contributed by atoms with E-state index in [-0.39, 0.29) is 0 Å². The third-order valence-corrected chi connectivity index (χ3v) is 1.39. The topological polar surface area (TPSA) is 36.1 Å². The second-order valence-corrected chi connectivity index (χ2v) is 2.05. The number of rotatable bonds is 0. The molecule has 0 saturated heterocycles. The summed E-state index contributed by atoms with van der Waals surface area (Å²) in [6, 6.07) is 1.95. The van der Waals surface area contributed by atoms with E-state index in [0.717, 1.165) is 6.42 Å². The van der Waals surface area contributed by atoms with Crippen LogP contribution in [0, 0.1) is 11.3 Å². The summed E-state index contributed by atoms with van der Waals surface area (Å²) >= 11 is 5.54. The number of hydrogen-bond donors (Lipinski definition) is 0. The molecule has 0 bridgehead atoms. The van der Waals surface area contributed by atoms with Gasteiger partial charge in [0, 0.05) is 6.54 Å². The van der Waals surface area contributed by atoms with Crippen LogP contribution in [0.25, 0.3) is 0 Å². The van der Waals surface area contributed by atoms with Gasteiger partial charge in [0.15, 0.2) is 0 Å². The van der Waals surface area contributed by atoms with E-state index >= 15 is 0 Å². The van der Waals surface area contributed by atoms with Gasteiger partial charge in [-0.1, -0.05) is 17.7 Å². The van der Waals surface area contributed by atoms with Gasteiger partial charge in [0.25, 0.3) is 0 Å². The van der Waals surface area contributed by atoms with Crippen LogP contribution in [0.15, 0.2) is 16.6 Å². The van der Waals surface area contributed by atoms with Gasteiger partial charge in [-0.3, -0.25) is 4.99 Å². The molecule has 9 heavy (non-hydrogen) atoms. The van der Waals surface area contributed by atoms with Crippen molar-refractivity contribution in [3.8, 4) is 6.07 Å². The minimum Gasteiger partial charge on any atom is -0.272 e. The van der Waals surface area contributed by atoms with Gasteiger partial charge in [0.1, 0.15) is 11.2 Å². The molecule has 0 aromatic carbocycles. The highest BCUT2D eigenvalue weighted by Gasteiger charge is 2.04. The van der Waals surface area contributed by atoms with Gasteiger partial charge in [-0.25, -0.2) is 0 Å². The van der Waals surface area contributed by atoms with Crippen LogP contribution in [0.1, 0.15) is 6.42 Å². The van der Waals surface area contributed by atoms with Crippen molar-refractivity contribution in [2.75, 3.05) is 6.54 Å². The average Bonchev–Trinajstić information content (AvgIpc) is 1.89. The maximum absolute atomic E-state index is 8.38. The van der Waals surface area contributed by atoms with E-state index < -0.39 is 0 Å². The Labute approximate surface area is 58.5 Å². The molecular formula is C6H5ClN2. The van der Waals surface area contributed by atoms with Gasteiger partial charge in [0.05, 0.1) is 5.57 Å². The Morgan fingerprint density at radius 3 is 3.00 bits per heavy atom. The van der Waals surface area contributed by atoms with E-state index in [0.29, 0.717) is 17.3 Å². The summed E-state index contributed by atoms with van der Waals surface area (Å²) in [6.07, 6.45) is 2.63. The highest BCUT2D eigenvalue weighted by Crippen LogP contribution is 2.08. The van der Waals surface area contributed by atoms with Crippen molar-refractivity contribution < 1.29 is 0 Å². The van der Waals surface area contributed by atoms with Crippen molar-refractivity contribution in [3.05, 3.63) is 11.6 Å². The molecule has 2 nitrogen and oxygen atoms in total. The number of nitrogens with zero attached hydrogens (tertiary/aromatic N) is 2. The minimum absolute atomic E-state index is 0.351. The Balaban J connectivity index is 2.83. The van der Waals surface area contributed by atoms with Gasteiger partial charge < -0.3 is 0 Å². The Morgan fingerprint density at radius 2 is 2.56 bits per heavy atom. The summed E-state index contributed by atoms with van der Waals surface area (Å²) < 4.78 is 0. The molecule has 0 unspecified atom stereocenters. The summed E-state index contributed by atoms with van der Waals surface area (Å²) in [5.41, 5.74) is 0.503. The fourth-order valence-electron chi connectivity index (χ4n) is 0.633. The second kappa shape index (κ2) is 2.65. The maximum Gasteiger partial charge on any atom is 0.141 e. The van der Waals surface area contributed by atoms with E-state index in [1.54, 1.807) is 6.08 Å². The first-order chi connectivity index (χ1) is 4.34. The lowest BCUT2D eigenvalue weighted by molar-refractivity contribution is 0.992. The lowest BCUT2D eigenvalue weighted by Gasteiger charge is -2.00. The van der Waals surface area contributed by atoms with Crippen LogP contribution >= 0.6 is 11.6 Å². The summed E-state index contributed by atoms with van der Waals surface area (Å²) in [6.45, 7) is 0.712. The van der Waals surface area contributed by atoms with Crippen LogP contribution < -0.4 is 0 Å². The monoisotopic (exact) mass is 140 g/mol. The van der Waals surface area contributed by atoms with Crippen LogP contribution in [0.5, 0.6) is 0 Å². The predicted molar refractivity (Wildman–Crippen MR) is 36.5 cm³/mol. The quantitative estimate of drug-likeness (QED) is 0.502. The third-order valence-electron chi connectivity index (χ3n) is 1.07. The van der Waals surface area contributed by atoms with Gasteiger partial charge in [-0.15, -0.1) is 0 Å². The predicted octanol–water partition coefficient (Wildman–Crippen LogP) is 1.48. The third kappa shape index (κ3) is 1.30. The molecular weight excluding hydrogens is 136 g/mol. The number of halogens is 1. The molecule has 1 aliphatic heterocycles. The molecule has 0 aromatic heterocycles. The lowest BCUT2D eigenvalue weighted by atomic mass is 10.2. The van der Waals surface area contributed by atoms with Crippen molar-refractivity contribution in [3.63, 3.8) is 0 Å². The number of nitriles is 1. The Kier molecular flexibility index (Phi) is 1.86. The van der Waals surface area contributed by atoms with E-state index in [9.17, 15) is 0 Å². The minimum atomic E-state index is 0.351. The molecule has 46 valence electrons. The van der Waals surface area contributed by atoms with Crippen molar-refractivity contribution in [2.24, 2.45) is 4.99 Å². The van der Waals surface area contributed by atoms with Crippen LogP contribution in [0.3, 0.4) is 0 Å². The molecule has 0 radical (unpaired) electrons. The molecule has 0 saturated carbocycles. The largest absolute Gasteiger partial charge is 0.272 e. The molecule has 0 amide bonds. The molecule has 0 N–H and O–H groups in total. The Bertz CT molecular complexity index is 210. The van der Waals surface area contributed by atoms with E-state index in [2.05, 4.69) is 4.99 Å². The molecule has 0 aromatic rings. The summed E-state index contributed by atoms with van der Waals surface area (Å²) in [7, 11) is 0. The smallest absolute Gasteiger partial charge is 0.141 e. The SMILES string of the molecule is N#CC1=CCCN=C1Cl. The summed E-state index contributed by atoms with van der Waals surface area (Å²) in [5, 5.41) is 8.73. The van der Waals surface area contributed by atoms with Crippen molar-refractivity contribution in [2.45, 2.75) is 6.42 Å². The first kappa shape index (κ1) is 6.31. The molecule has 1 heterocycles. The van der Waals surface area contributed by atoms with Gasteiger partial charge >= 0.3 is 0 Å². The first-order valence-electron chi connectivity index (χ1n) is 2.65. The molecule has 1 aliphatic rings. The standard InChI is InChI=1S/C6H5ClN2/c7-6-5(4-8)2-1-3-9-6/h2H,1,3H2. The maximum atomic E-state index is 8.38. The van der Waals surface area contributed by atoms with Gasteiger partial charge in [-0.05, 0) is 6.42 Å². The highest BCUT2D eigenvalue weighted by molar-refractivity contribution is 6.70. The number of allylic oxidation sites excluding steroid dienone is 1. The number of aliphatic imine (C=N–C) groups is 1.